The largest absolute Gasteiger partial charge is 0.375 e. The highest BCUT2D eigenvalue weighted by Crippen LogP contribution is 2.13. The molecule has 0 saturated heterocycles. The quantitative estimate of drug-likeness (QED) is 0.918. The Morgan fingerprint density at radius 1 is 1.37 bits per heavy atom. The fourth-order valence-electron chi connectivity index (χ4n) is 1.64. The molecule has 19 heavy (non-hydrogen) atoms. The third-order valence-electron chi connectivity index (χ3n) is 2.51. The molecule has 2 aromatic rings. The Balaban J connectivity index is 2.07. The maximum absolute atomic E-state index is 11.5. The molecule has 1 heterocycles. The van der Waals surface area contributed by atoms with E-state index in [-0.39, 0.29) is 12.5 Å². The van der Waals surface area contributed by atoms with Crippen molar-refractivity contribution in [3.8, 4) is 0 Å². The number of benzene rings is 1. The Bertz CT molecular complexity index is 551. The minimum Gasteiger partial charge on any atom is -0.375 e. The van der Waals surface area contributed by atoms with E-state index < -0.39 is 0 Å². The van der Waals surface area contributed by atoms with Gasteiger partial charge in [0.2, 0.25) is 0 Å². The summed E-state index contributed by atoms with van der Waals surface area (Å²) in [7, 11) is 1.48. The summed E-state index contributed by atoms with van der Waals surface area (Å²) in [6.07, 6.45) is 1.65. The van der Waals surface area contributed by atoms with Crippen molar-refractivity contribution < 1.29 is 9.53 Å². The van der Waals surface area contributed by atoms with Crippen LogP contribution in [0.2, 0.25) is 0 Å². The minimum atomic E-state index is -0.194. The lowest BCUT2D eigenvalue weighted by Crippen LogP contribution is -2.20. The summed E-state index contributed by atoms with van der Waals surface area (Å²) >= 11 is 3.39. The number of amides is 1. The number of carbonyl (C=O) groups is 1. The van der Waals surface area contributed by atoms with Crippen LogP contribution in [0.15, 0.2) is 41.0 Å². The number of hydrogen-bond acceptors (Lipinski definition) is 3. The van der Waals surface area contributed by atoms with Crippen molar-refractivity contribution in [3.05, 3.63) is 46.6 Å². The first-order chi connectivity index (χ1) is 9.19. The number of nitrogens with one attached hydrogen (secondary N) is 1. The van der Waals surface area contributed by atoms with Crippen molar-refractivity contribution in [1.29, 1.82) is 0 Å². The third-order valence-corrected chi connectivity index (χ3v) is 3.03. The molecule has 1 aromatic carbocycles. The molecular formula is C13H14BrN3O2. The van der Waals surface area contributed by atoms with E-state index in [0.717, 1.165) is 10.0 Å². The average Bonchev–Trinajstić information content (AvgIpc) is 2.80. The van der Waals surface area contributed by atoms with Gasteiger partial charge in [-0.2, -0.15) is 5.10 Å². The van der Waals surface area contributed by atoms with Crippen molar-refractivity contribution in [2.45, 2.75) is 6.54 Å². The van der Waals surface area contributed by atoms with Crippen molar-refractivity contribution in [2.24, 2.45) is 0 Å². The zero-order valence-corrected chi connectivity index (χ0v) is 12.1. The predicted molar refractivity (Wildman–Crippen MR) is 76.0 cm³/mol. The maximum Gasteiger partial charge on any atom is 0.251 e. The van der Waals surface area contributed by atoms with Crippen LogP contribution in [0, 0.1) is 0 Å². The van der Waals surface area contributed by atoms with Gasteiger partial charge in [-0.15, -0.1) is 0 Å². The van der Waals surface area contributed by atoms with Gasteiger partial charge in [0.15, 0.2) is 0 Å². The highest BCUT2D eigenvalue weighted by molar-refractivity contribution is 9.10. The molecule has 1 N–H and O–H groups in total. The fraction of sp³-hybridized carbons (Fsp3) is 0.231. The van der Waals surface area contributed by atoms with E-state index in [2.05, 4.69) is 26.3 Å². The molecule has 1 aromatic heterocycles. The molecule has 6 heteroatoms. The number of aromatic nitrogens is 2. The zero-order chi connectivity index (χ0) is 13.7. The Morgan fingerprint density at radius 3 is 2.79 bits per heavy atom. The summed E-state index contributed by atoms with van der Waals surface area (Å²) in [6, 6.07) is 9.72. The summed E-state index contributed by atoms with van der Waals surface area (Å²) in [6.45, 7) is 0.631. The number of rotatable bonds is 5. The van der Waals surface area contributed by atoms with Crippen molar-refractivity contribution in [2.75, 3.05) is 19.0 Å². The van der Waals surface area contributed by atoms with Crippen LogP contribution < -0.4 is 5.32 Å². The number of carbonyl (C=O) groups excluding carboxylic acids is 1. The van der Waals surface area contributed by atoms with Crippen LogP contribution in [0.25, 0.3) is 0 Å². The summed E-state index contributed by atoms with van der Waals surface area (Å²) in [4.78, 5) is 11.5. The van der Waals surface area contributed by atoms with Gasteiger partial charge in [-0.25, -0.2) is 4.68 Å². The van der Waals surface area contributed by atoms with Crippen LogP contribution in [0.5, 0.6) is 0 Å². The third kappa shape index (κ3) is 3.90. The van der Waals surface area contributed by atoms with Crippen LogP contribution in [0.1, 0.15) is 5.56 Å². The first kappa shape index (κ1) is 13.8. The maximum atomic E-state index is 11.5. The average molecular weight is 324 g/mol. The highest BCUT2D eigenvalue weighted by Gasteiger charge is 2.07. The lowest BCUT2D eigenvalue weighted by molar-refractivity contribution is -0.119. The molecule has 0 spiro atoms. The standard InChI is InChI=1S/C13H14BrN3O2/c1-19-9-13(18)16-12-6-7-15-17(12)8-10-2-4-11(14)5-3-10/h2-7H,8-9H2,1H3,(H,16,18). The van der Waals surface area contributed by atoms with Crippen LogP contribution >= 0.6 is 15.9 Å². The van der Waals surface area contributed by atoms with Crippen LogP contribution in [0.3, 0.4) is 0 Å². The van der Waals surface area contributed by atoms with E-state index in [1.807, 2.05) is 24.3 Å². The second-order valence-electron chi connectivity index (χ2n) is 3.98. The van der Waals surface area contributed by atoms with E-state index in [1.165, 1.54) is 7.11 Å². The van der Waals surface area contributed by atoms with Crippen LogP contribution in [-0.2, 0) is 16.1 Å². The molecule has 0 radical (unpaired) electrons. The molecular weight excluding hydrogens is 310 g/mol. The van der Waals surface area contributed by atoms with Crippen molar-refractivity contribution >= 4 is 27.7 Å². The Morgan fingerprint density at radius 2 is 2.11 bits per heavy atom. The van der Waals surface area contributed by atoms with Gasteiger partial charge in [-0.3, -0.25) is 4.79 Å². The summed E-state index contributed by atoms with van der Waals surface area (Å²) in [5, 5.41) is 6.95. The summed E-state index contributed by atoms with van der Waals surface area (Å²) < 4.78 is 7.54. The molecule has 0 aliphatic heterocycles. The lowest BCUT2D eigenvalue weighted by Gasteiger charge is -2.09. The molecule has 5 nitrogen and oxygen atoms in total. The van der Waals surface area contributed by atoms with Gasteiger partial charge in [0.25, 0.3) is 5.91 Å². The van der Waals surface area contributed by atoms with Crippen LogP contribution in [0.4, 0.5) is 5.82 Å². The number of nitrogens with zero attached hydrogens (tertiary/aromatic N) is 2. The molecule has 0 bridgehead atoms. The second-order valence-corrected chi connectivity index (χ2v) is 4.90. The predicted octanol–water partition coefficient (Wildman–Crippen LogP) is 2.28. The van der Waals surface area contributed by atoms with E-state index in [0.29, 0.717) is 12.4 Å². The molecule has 0 unspecified atom stereocenters. The molecule has 0 aliphatic carbocycles. The van der Waals surface area contributed by atoms with Crippen molar-refractivity contribution in [1.82, 2.24) is 9.78 Å². The van der Waals surface area contributed by atoms with Crippen molar-refractivity contribution in [3.63, 3.8) is 0 Å². The van der Waals surface area contributed by atoms with Gasteiger partial charge >= 0.3 is 0 Å². The number of methoxy groups -OCH3 is 1. The van der Waals surface area contributed by atoms with E-state index in [4.69, 9.17) is 4.74 Å². The van der Waals surface area contributed by atoms with Gasteiger partial charge in [0.05, 0.1) is 12.7 Å². The molecule has 1 amide bonds. The van der Waals surface area contributed by atoms with Gasteiger partial charge in [0, 0.05) is 17.6 Å². The normalized spacial score (nSPS) is 10.4. The van der Waals surface area contributed by atoms with E-state index in [9.17, 15) is 4.79 Å². The second kappa shape index (κ2) is 6.49. The molecule has 100 valence electrons. The highest BCUT2D eigenvalue weighted by atomic mass is 79.9. The molecule has 0 atom stereocenters. The molecule has 2 rings (SSSR count). The Labute approximate surface area is 119 Å². The number of halogens is 1. The fourth-order valence-corrected chi connectivity index (χ4v) is 1.90. The zero-order valence-electron chi connectivity index (χ0n) is 10.5. The molecule has 0 fully saturated rings. The van der Waals surface area contributed by atoms with Crippen LogP contribution in [-0.4, -0.2) is 29.4 Å². The minimum absolute atomic E-state index is 0.0312. The SMILES string of the molecule is COCC(=O)Nc1ccnn1Cc1ccc(Br)cc1. The van der Waals surface area contributed by atoms with E-state index in [1.54, 1.807) is 16.9 Å². The first-order valence-corrected chi connectivity index (χ1v) is 6.53. The Kier molecular flexibility index (Phi) is 4.70. The first-order valence-electron chi connectivity index (χ1n) is 5.74. The summed E-state index contributed by atoms with van der Waals surface area (Å²) in [5.74, 6) is 0.463. The van der Waals surface area contributed by atoms with Gasteiger partial charge in [-0.05, 0) is 17.7 Å². The van der Waals surface area contributed by atoms with Gasteiger partial charge in [0.1, 0.15) is 12.4 Å². The van der Waals surface area contributed by atoms with Gasteiger partial charge in [-0.1, -0.05) is 28.1 Å². The smallest absolute Gasteiger partial charge is 0.251 e. The summed E-state index contributed by atoms with van der Waals surface area (Å²) in [5.41, 5.74) is 1.11. The number of ether oxygens (including phenoxy) is 1. The molecule has 0 aliphatic rings. The Hall–Kier alpha value is -1.66. The van der Waals surface area contributed by atoms with E-state index >= 15 is 0 Å². The molecule has 0 saturated carbocycles. The lowest BCUT2D eigenvalue weighted by atomic mass is 10.2. The van der Waals surface area contributed by atoms with Gasteiger partial charge < -0.3 is 10.1 Å². The topological polar surface area (TPSA) is 56.1 Å². The monoisotopic (exact) mass is 323 g/mol. The number of anilines is 1. The number of hydrogen-bond donors (Lipinski definition) is 1.